The van der Waals surface area contributed by atoms with Crippen molar-refractivity contribution in [2.45, 2.75) is 0 Å². The van der Waals surface area contributed by atoms with E-state index in [2.05, 4.69) is 0 Å². The summed E-state index contributed by atoms with van der Waals surface area (Å²) in [4.78, 5) is 46.2. The molecule has 0 N–H and O–H groups in total. The van der Waals surface area contributed by atoms with Gasteiger partial charge in [0, 0.05) is 34.9 Å². The molecule has 8 heteroatoms. The lowest BCUT2D eigenvalue weighted by molar-refractivity contribution is -0.385. The van der Waals surface area contributed by atoms with E-state index in [0.29, 0.717) is 0 Å². The predicted molar refractivity (Wildman–Crippen MR) is 99.5 cm³/mol. The second-order valence-corrected chi connectivity index (χ2v) is 5.82. The number of carbonyl (C=O) groups is 2. The van der Waals surface area contributed by atoms with Gasteiger partial charge in [-0.3, -0.25) is 29.8 Å². The first-order valence-corrected chi connectivity index (χ1v) is 8.06. The highest BCUT2D eigenvalue weighted by Crippen LogP contribution is 2.23. The zero-order chi connectivity index (χ0) is 20.3. The average Bonchev–Trinajstić information content (AvgIpc) is 2.72. The number of nitrogens with zero attached hydrogens (tertiary/aromatic N) is 2. The third-order valence-electron chi connectivity index (χ3n) is 4.05. The van der Waals surface area contributed by atoms with Gasteiger partial charge in [-0.05, 0) is 12.1 Å². The zero-order valence-electron chi connectivity index (χ0n) is 14.3. The summed E-state index contributed by atoms with van der Waals surface area (Å²) in [7, 11) is 0. The molecule has 0 aliphatic carbocycles. The molecule has 0 fully saturated rings. The summed E-state index contributed by atoms with van der Waals surface area (Å²) in [5.74, 6) is -1.10. The van der Waals surface area contributed by atoms with Crippen molar-refractivity contribution < 1.29 is 19.4 Å². The standard InChI is InChI=1S/C20H12N2O6/c23-19(15-7-4-8-16(12-15)21(25)26)13-5-3-6-14(11-13)20(24)17-9-1-2-10-18(17)22(27)28/h1-12H. The van der Waals surface area contributed by atoms with E-state index in [1.54, 1.807) is 0 Å². The number of ketones is 2. The largest absolute Gasteiger partial charge is 0.289 e. The van der Waals surface area contributed by atoms with Crippen molar-refractivity contribution in [1.29, 1.82) is 0 Å². The minimum absolute atomic E-state index is 0.0903. The van der Waals surface area contributed by atoms with E-state index >= 15 is 0 Å². The number of nitro groups is 2. The highest BCUT2D eigenvalue weighted by Gasteiger charge is 2.21. The molecule has 0 atom stereocenters. The van der Waals surface area contributed by atoms with Crippen LogP contribution in [0.25, 0.3) is 0 Å². The quantitative estimate of drug-likeness (QED) is 0.365. The van der Waals surface area contributed by atoms with E-state index in [0.717, 1.165) is 6.07 Å². The van der Waals surface area contributed by atoms with Crippen LogP contribution in [-0.2, 0) is 0 Å². The van der Waals surface area contributed by atoms with Crippen LogP contribution in [0.1, 0.15) is 31.8 Å². The summed E-state index contributed by atoms with van der Waals surface area (Å²) in [6.07, 6.45) is 0. The van der Waals surface area contributed by atoms with E-state index < -0.39 is 21.4 Å². The number of hydrogen-bond acceptors (Lipinski definition) is 6. The van der Waals surface area contributed by atoms with Crippen LogP contribution < -0.4 is 0 Å². The molecule has 8 nitrogen and oxygen atoms in total. The summed E-state index contributed by atoms with van der Waals surface area (Å²) in [6.45, 7) is 0. The monoisotopic (exact) mass is 376 g/mol. The second kappa shape index (κ2) is 7.58. The lowest BCUT2D eigenvalue weighted by atomic mass is 9.96. The van der Waals surface area contributed by atoms with Gasteiger partial charge in [-0.1, -0.05) is 42.5 Å². The number of carbonyl (C=O) groups excluding carboxylic acids is 2. The maximum absolute atomic E-state index is 12.7. The Hall–Kier alpha value is -4.20. The van der Waals surface area contributed by atoms with Crippen LogP contribution in [-0.4, -0.2) is 21.4 Å². The molecule has 0 aliphatic rings. The number of para-hydroxylation sites is 1. The Morgan fingerprint density at radius 3 is 1.86 bits per heavy atom. The number of non-ortho nitro benzene ring substituents is 1. The number of hydrogen-bond donors (Lipinski definition) is 0. The minimum atomic E-state index is -0.647. The molecule has 0 bridgehead atoms. The fourth-order valence-electron chi connectivity index (χ4n) is 2.71. The van der Waals surface area contributed by atoms with Crippen molar-refractivity contribution in [3.05, 3.63) is 115 Å². The molecule has 28 heavy (non-hydrogen) atoms. The summed E-state index contributed by atoms with van der Waals surface area (Å²) >= 11 is 0. The van der Waals surface area contributed by atoms with Crippen molar-refractivity contribution >= 4 is 22.9 Å². The first-order chi connectivity index (χ1) is 13.4. The maximum Gasteiger partial charge on any atom is 0.280 e. The molecule has 0 aromatic heterocycles. The molecular weight excluding hydrogens is 364 g/mol. The third kappa shape index (κ3) is 3.65. The van der Waals surface area contributed by atoms with Crippen molar-refractivity contribution in [2.75, 3.05) is 0 Å². The van der Waals surface area contributed by atoms with Crippen LogP contribution in [0.5, 0.6) is 0 Å². The molecule has 0 heterocycles. The summed E-state index contributed by atoms with van der Waals surface area (Å²) in [5, 5.41) is 22.0. The highest BCUT2D eigenvalue weighted by molar-refractivity contribution is 6.14. The zero-order valence-corrected chi connectivity index (χ0v) is 14.3. The van der Waals surface area contributed by atoms with Gasteiger partial charge in [0.05, 0.1) is 9.85 Å². The Kier molecular flexibility index (Phi) is 5.03. The Bertz CT molecular complexity index is 1120. The van der Waals surface area contributed by atoms with Crippen LogP contribution in [0.15, 0.2) is 72.8 Å². The maximum atomic E-state index is 12.7. The van der Waals surface area contributed by atoms with E-state index in [9.17, 15) is 29.8 Å². The first kappa shape index (κ1) is 18.6. The van der Waals surface area contributed by atoms with E-state index in [1.807, 2.05) is 0 Å². The van der Waals surface area contributed by atoms with Gasteiger partial charge in [0.15, 0.2) is 11.6 Å². The molecular formula is C20H12N2O6. The van der Waals surface area contributed by atoms with Gasteiger partial charge in [-0.15, -0.1) is 0 Å². The average molecular weight is 376 g/mol. The molecule has 3 aromatic rings. The van der Waals surface area contributed by atoms with Crippen LogP contribution in [0.2, 0.25) is 0 Å². The lowest BCUT2D eigenvalue weighted by Gasteiger charge is -2.06. The van der Waals surface area contributed by atoms with Gasteiger partial charge in [0.25, 0.3) is 11.4 Å². The molecule has 0 amide bonds. The van der Waals surface area contributed by atoms with Gasteiger partial charge >= 0.3 is 0 Å². The molecule has 0 saturated heterocycles. The Labute approximate surface area is 158 Å². The van der Waals surface area contributed by atoms with E-state index in [-0.39, 0.29) is 33.6 Å². The number of benzene rings is 3. The van der Waals surface area contributed by atoms with E-state index in [4.69, 9.17) is 0 Å². The highest BCUT2D eigenvalue weighted by atomic mass is 16.6. The second-order valence-electron chi connectivity index (χ2n) is 5.82. The van der Waals surface area contributed by atoms with Gasteiger partial charge in [-0.25, -0.2) is 0 Å². The van der Waals surface area contributed by atoms with Crippen LogP contribution in [0.4, 0.5) is 11.4 Å². The first-order valence-electron chi connectivity index (χ1n) is 8.06. The fourth-order valence-corrected chi connectivity index (χ4v) is 2.71. The molecule has 138 valence electrons. The van der Waals surface area contributed by atoms with Gasteiger partial charge in [0.2, 0.25) is 0 Å². The smallest absolute Gasteiger partial charge is 0.280 e. The van der Waals surface area contributed by atoms with Crippen LogP contribution in [0, 0.1) is 20.2 Å². The van der Waals surface area contributed by atoms with Crippen LogP contribution in [0.3, 0.4) is 0 Å². The van der Waals surface area contributed by atoms with E-state index in [1.165, 1.54) is 66.7 Å². The molecule has 0 aliphatic heterocycles. The molecule has 3 rings (SSSR count). The summed E-state index contributed by atoms with van der Waals surface area (Å²) in [5.41, 5.74) is -0.298. The Balaban J connectivity index is 1.98. The number of nitro benzene ring substituents is 2. The molecule has 0 radical (unpaired) electrons. The van der Waals surface area contributed by atoms with Crippen molar-refractivity contribution in [1.82, 2.24) is 0 Å². The summed E-state index contributed by atoms with van der Waals surface area (Å²) < 4.78 is 0. The molecule has 0 saturated carbocycles. The third-order valence-corrected chi connectivity index (χ3v) is 4.05. The molecule has 0 spiro atoms. The van der Waals surface area contributed by atoms with Crippen molar-refractivity contribution in [3.63, 3.8) is 0 Å². The van der Waals surface area contributed by atoms with Crippen molar-refractivity contribution in [2.24, 2.45) is 0 Å². The minimum Gasteiger partial charge on any atom is -0.289 e. The summed E-state index contributed by atoms with van der Waals surface area (Å²) in [6, 6.07) is 16.5. The van der Waals surface area contributed by atoms with Gasteiger partial charge in [0.1, 0.15) is 5.56 Å². The topological polar surface area (TPSA) is 120 Å². The molecule has 3 aromatic carbocycles. The van der Waals surface area contributed by atoms with Crippen molar-refractivity contribution in [3.8, 4) is 0 Å². The number of rotatable bonds is 6. The Morgan fingerprint density at radius 2 is 1.21 bits per heavy atom. The predicted octanol–water partition coefficient (Wildman–Crippen LogP) is 3.97. The molecule has 0 unspecified atom stereocenters. The van der Waals surface area contributed by atoms with Gasteiger partial charge in [-0.2, -0.15) is 0 Å². The normalized spacial score (nSPS) is 10.3. The van der Waals surface area contributed by atoms with Gasteiger partial charge < -0.3 is 0 Å². The SMILES string of the molecule is O=C(c1cccc(C(=O)c2ccccc2[N+](=O)[O-])c1)c1cccc([N+](=O)[O-])c1. The Morgan fingerprint density at radius 1 is 0.643 bits per heavy atom. The fraction of sp³-hybridized carbons (Fsp3) is 0. The lowest BCUT2D eigenvalue weighted by Crippen LogP contribution is -2.08. The van der Waals surface area contributed by atoms with Crippen LogP contribution >= 0.6 is 0 Å².